The van der Waals surface area contributed by atoms with E-state index >= 15 is 0 Å². The van der Waals surface area contributed by atoms with Crippen molar-refractivity contribution in [1.29, 1.82) is 0 Å². The van der Waals surface area contributed by atoms with Crippen LogP contribution < -0.4 is 0 Å². The summed E-state index contributed by atoms with van der Waals surface area (Å²) in [6, 6.07) is 0. The molecular formula is C9H18O3S. The van der Waals surface area contributed by atoms with Crippen LogP contribution >= 0.6 is 11.8 Å². The Morgan fingerprint density at radius 3 is 2.54 bits per heavy atom. The Balaban J connectivity index is 3.94. The van der Waals surface area contributed by atoms with Gasteiger partial charge in [-0.05, 0) is 13.3 Å². The van der Waals surface area contributed by atoms with E-state index in [1.807, 2.05) is 13.8 Å². The van der Waals surface area contributed by atoms with Crippen LogP contribution in [0.4, 0.5) is 0 Å². The third-order valence-corrected chi connectivity index (χ3v) is 3.04. The van der Waals surface area contributed by atoms with Crippen LogP contribution in [-0.2, 0) is 9.53 Å². The lowest BCUT2D eigenvalue weighted by Crippen LogP contribution is -2.22. The molecule has 2 unspecified atom stereocenters. The van der Waals surface area contributed by atoms with Crippen molar-refractivity contribution in [3.8, 4) is 0 Å². The molecule has 0 amide bonds. The summed E-state index contributed by atoms with van der Waals surface area (Å²) in [4.78, 5) is 11.3. The normalized spacial score (nSPS) is 15.1. The molecule has 0 aromatic rings. The fourth-order valence-corrected chi connectivity index (χ4v) is 1.90. The smallest absolute Gasteiger partial charge is 0.319 e. The van der Waals surface area contributed by atoms with Gasteiger partial charge >= 0.3 is 5.97 Å². The average molecular weight is 206 g/mol. The van der Waals surface area contributed by atoms with E-state index < -0.39 is 0 Å². The maximum Gasteiger partial charge on any atom is 0.319 e. The first-order chi connectivity index (χ1) is 6.15. The predicted molar refractivity (Wildman–Crippen MR) is 54.9 cm³/mol. The number of hydrogen-bond donors (Lipinski definition) is 1. The molecule has 0 fully saturated rings. The van der Waals surface area contributed by atoms with Crippen molar-refractivity contribution in [3.05, 3.63) is 0 Å². The molecule has 0 radical (unpaired) electrons. The van der Waals surface area contributed by atoms with Crippen LogP contribution in [-0.4, -0.2) is 34.8 Å². The fraction of sp³-hybridized carbons (Fsp3) is 0.889. The van der Waals surface area contributed by atoms with Gasteiger partial charge in [-0.2, -0.15) is 0 Å². The number of hydrogen-bond acceptors (Lipinski definition) is 4. The molecule has 13 heavy (non-hydrogen) atoms. The Morgan fingerprint density at radius 1 is 1.54 bits per heavy atom. The minimum absolute atomic E-state index is 0.0920. The second-order valence-electron chi connectivity index (χ2n) is 2.78. The summed E-state index contributed by atoms with van der Waals surface area (Å²) in [6.07, 6.45) is 0.744. The largest absolute Gasteiger partial charge is 0.465 e. The second-order valence-corrected chi connectivity index (χ2v) is 4.42. The van der Waals surface area contributed by atoms with Crippen molar-refractivity contribution in [3.63, 3.8) is 0 Å². The van der Waals surface area contributed by atoms with Gasteiger partial charge in [-0.3, -0.25) is 4.79 Å². The third-order valence-electron chi connectivity index (χ3n) is 1.57. The molecule has 4 heteroatoms. The number of aliphatic hydroxyl groups is 1. The molecule has 0 aromatic carbocycles. The summed E-state index contributed by atoms with van der Waals surface area (Å²) in [5, 5.41) is 8.77. The van der Waals surface area contributed by atoms with Crippen molar-refractivity contribution in [1.82, 2.24) is 0 Å². The summed E-state index contributed by atoms with van der Waals surface area (Å²) in [5.74, 6) is -0.171. The number of carbonyl (C=O) groups is 1. The first kappa shape index (κ1) is 12.8. The standard InChI is InChI=1S/C9H18O3S/c1-4-8(9(11)12-5-2)13-7(3)6-10/h7-8,10H,4-6H2,1-3H3. The van der Waals surface area contributed by atoms with Crippen LogP contribution in [0.2, 0.25) is 0 Å². The molecule has 1 N–H and O–H groups in total. The van der Waals surface area contributed by atoms with Gasteiger partial charge in [-0.15, -0.1) is 11.8 Å². The highest BCUT2D eigenvalue weighted by Gasteiger charge is 2.20. The molecule has 2 atom stereocenters. The van der Waals surface area contributed by atoms with Crippen molar-refractivity contribution in [2.45, 2.75) is 37.7 Å². The third kappa shape index (κ3) is 5.16. The molecule has 0 saturated heterocycles. The zero-order chi connectivity index (χ0) is 10.3. The molecule has 0 spiro atoms. The molecule has 0 bridgehead atoms. The number of esters is 1. The number of carbonyl (C=O) groups excluding carboxylic acids is 1. The topological polar surface area (TPSA) is 46.5 Å². The molecule has 0 rings (SSSR count). The van der Waals surface area contributed by atoms with Gasteiger partial charge in [0, 0.05) is 5.25 Å². The van der Waals surface area contributed by atoms with Crippen LogP contribution in [0.25, 0.3) is 0 Å². The Hall–Kier alpha value is -0.220. The molecule has 0 aliphatic carbocycles. The summed E-state index contributed by atoms with van der Waals surface area (Å²) in [6.45, 7) is 6.15. The van der Waals surface area contributed by atoms with Gasteiger partial charge in [-0.25, -0.2) is 0 Å². The van der Waals surface area contributed by atoms with Gasteiger partial charge in [0.15, 0.2) is 0 Å². The van der Waals surface area contributed by atoms with Crippen LogP contribution in [0.1, 0.15) is 27.2 Å². The SMILES string of the molecule is CCOC(=O)C(CC)SC(C)CO. The van der Waals surface area contributed by atoms with Gasteiger partial charge in [0.1, 0.15) is 5.25 Å². The lowest BCUT2D eigenvalue weighted by Gasteiger charge is -2.16. The van der Waals surface area contributed by atoms with E-state index in [2.05, 4.69) is 0 Å². The summed E-state index contributed by atoms with van der Waals surface area (Å²) in [7, 11) is 0. The molecule has 3 nitrogen and oxygen atoms in total. The lowest BCUT2D eigenvalue weighted by molar-refractivity contribution is -0.142. The van der Waals surface area contributed by atoms with Gasteiger partial charge in [-0.1, -0.05) is 13.8 Å². The zero-order valence-corrected chi connectivity index (χ0v) is 9.26. The highest BCUT2D eigenvalue weighted by atomic mass is 32.2. The Labute approximate surface area is 83.9 Å². The van der Waals surface area contributed by atoms with Crippen LogP contribution in [0.3, 0.4) is 0 Å². The monoisotopic (exact) mass is 206 g/mol. The van der Waals surface area contributed by atoms with Gasteiger partial charge in [0.25, 0.3) is 0 Å². The fourth-order valence-electron chi connectivity index (χ4n) is 0.877. The number of aliphatic hydroxyl groups excluding tert-OH is 1. The van der Waals surface area contributed by atoms with Crippen molar-refractivity contribution < 1.29 is 14.6 Å². The molecular weight excluding hydrogens is 188 g/mol. The van der Waals surface area contributed by atoms with E-state index in [9.17, 15) is 4.79 Å². The first-order valence-corrected chi connectivity index (χ1v) is 5.52. The van der Waals surface area contributed by atoms with Gasteiger partial charge in [0.2, 0.25) is 0 Å². The van der Waals surface area contributed by atoms with Gasteiger partial charge in [0.05, 0.1) is 13.2 Å². The van der Waals surface area contributed by atoms with Gasteiger partial charge < -0.3 is 9.84 Å². The molecule has 0 saturated carbocycles. The molecule has 78 valence electrons. The van der Waals surface area contributed by atoms with Crippen LogP contribution in [0.5, 0.6) is 0 Å². The van der Waals surface area contributed by atoms with Crippen LogP contribution in [0.15, 0.2) is 0 Å². The van der Waals surface area contributed by atoms with E-state index in [0.29, 0.717) is 6.61 Å². The Morgan fingerprint density at radius 2 is 2.15 bits per heavy atom. The number of rotatable bonds is 6. The maximum absolute atomic E-state index is 11.3. The predicted octanol–water partition coefficient (Wildman–Crippen LogP) is 1.44. The van der Waals surface area contributed by atoms with E-state index in [4.69, 9.17) is 9.84 Å². The maximum atomic E-state index is 11.3. The molecule has 0 aromatic heterocycles. The number of thioether (sulfide) groups is 1. The molecule has 0 aliphatic rings. The summed E-state index contributed by atoms with van der Waals surface area (Å²) >= 11 is 1.47. The first-order valence-electron chi connectivity index (χ1n) is 4.58. The Bertz CT molecular complexity index is 150. The summed E-state index contributed by atoms with van der Waals surface area (Å²) in [5.41, 5.74) is 0. The minimum Gasteiger partial charge on any atom is -0.465 e. The van der Waals surface area contributed by atoms with E-state index in [-0.39, 0.29) is 23.1 Å². The molecule has 0 heterocycles. The quantitative estimate of drug-likeness (QED) is 0.668. The van der Waals surface area contributed by atoms with E-state index in [0.717, 1.165) is 6.42 Å². The van der Waals surface area contributed by atoms with Crippen molar-refractivity contribution in [2.24, 2.45) is 0 Å². The lowest BCUT2D eigenvalue weighted by atomic mass is 10.3. The zero-order valence-electron chi connectivity index (χ0n) is 8.45. The highest BCUT2D eigenvalue weighted by Crippen LogP contribution is 2.21. The highest BCUT2D eigenvalue weighted by molar-refractivity contribution is 8.01. The number of ether oxygens (including phenoxy) is 1. The summed E-state index contributed by atoms with van der Waals surface area (Å²) < 4.78 is 4.90. The minimum atomic E-state index is -0.171. The van der Waals surface area contributed by atoms with E-state index in [1.54, 1.807) is 6.92 Å². The average Bonchev–Trinajstić information content (AvgIpc) is 2.14. The van der Waals surface area contributed by atoms with E-state index in [1.165, 1.54) is 11.8 Å². The Kier molecular flexibility index (Phi) is 7.09. The van der Waals surface area contributed by atoms with Crippen LogP contribution in [0, 0.1) is 0 Å². The second kappa shape index (κ2) is 7.21. The molecule has 0 aliphatic heterocycles. The van der Waals surface area contributed by atoms with Crippen molar-refractivity contribution in [2.75, 3.05) is 13.2 Å². The van der Waals surface area contributed by atoms with Crippen molar-refractivity contribution >= 4 is 17.7 Å².